The van der Waals surface area contributed by atoms with E-state index in [1.807, 2.05) is 90.6 Å². The average Bonchev–Trinajstić information content (AvgIpc) is 3.58. The largest absolute Gasteiger partial charge is 0.489 e. The highest BCUT2D eigenvalue weighted by Crippen LogP contribution is 2.28. The van der Waals surface area contributed by atoms with Crippen LogP contribution in [-0.2, 0) is 24.4 Å². The summed E-state index contributed by atoms with van der Waals surface area (Å²) in [6.07, 6.45) is 6.50. The molecule has 1 amide bonds. The number of aromatic nitrogens is 5. The highest BCUT2D eigenvalue weighted by Gasteiger charge is 2.14. The molecule has 5 aromatic rings. The van der Waals surface area contributed by atoms with Gasteiger partial charge in [0.2, 0.25) is 5.91 Å². The van der Waals surface area contributed by atoms with Crippen molar-refractivity contribution in [1.29, 1.82) is 0 Å². The van der Waals surface area contributed by atoms with E-state index in [0.717, 1.165) is 34.2 Å². The summed E-state index contributed by atoms with van der Waals surface area (Å²) < 4.78 is 8.04. The number of carbonyl (C=O) groups excluding carboxylic acids is 1. The molecule has 0 unspecified atom stereocenters. The zero-order valence-corrected chi connectivity index (χ0v) is 20.6. The first kappa shape index (κ1) is 24.0. The first-order chi connectivity index (χ1) is 18.2. The van der Waals surface area contributed by atoms with E-state index < -0.39 is 0 Å². The summed E-state index contributed by atoms with van der Waals surface area (Å²) in [5, 5.41) is 15.0. The number of carbonyl (C=O) groups is 1. The molecular formula is C29H28N6O2. The molecule has 0 radical (unpaired) electrons. The van der Waals surface area contributed by atoms with Crippen molar-refractivity contribution in [2.45, 2.75) is 19.6 Å². The van der Waals surface area contributed by atoms with Gasteiger partial charge in [-0.2, -0.15) is 5.21 Å². The van der Waals surface area contributed by atoms with Gasteiger partial charge in [0, 0.05) is 36.8 Å². The fraction of sp³-hybridized carbons (Fsp3) is 0.172. The van der Waals surface area contributed by atoms with Crippen LogP contribution in [0.4, 0.5) is 0 Å². The second-order valence-corrected chi connectivity index (χ2v) is 8.82. The number of rotatable bonds is 10. The lowest BCUT2D eigenvalue weighted by atomic mass is 10.1. The van der Waals surface area contributed by atoms with Crippen molar-refractivity contribution in [2.24, 2.45) is 0 Å². The van der Waals surface area contributed by atoms with Gasteiger partial charge in [0.25, 0.3) is 0 Å². The monoisotopic (exact) mass is 492 g/mol. The van der Waals surface area contributed by atoms with E-state index in [9.17, 15) is 4.79 Å². The van der Waals surface area contributed by atoms with Crippen LogP contribution in [-0.4, -0.2) is 49.6 Å². The van der Waals surface area contributed by atoms with Crippen molar-refractivity contribution in [3.05, 3.63) is 108 Å². The third-order valence-electron chi connectivity index (χ3n) is 6.22. The Labute approximate surface area is 215 Å². The smallest absolute Gasteiger partial charge is 0.242 e. The van der Waals surface area contributed by atoms with Gasteiger partial charge in [0.1, 0.15) is 18.9 Å². The molecule has 0 fully saturated rings. The first-order valence-corrected chi connectivity index (χ1v) is 12.1. The number of H-pyrrole nitrogens is 1. The third kappa shape index (κ3) is 6.10. The molecule has 0 aliphatic heterocycles. The highest BCUT2D eigenvalue weighted by molar-refractivity contribution is 5.93. The molecule has 0 spiro atoms. The zero-order chi connectivity index (χ0) is 25.5. The maximum Gasteiger partial charge on any atom is 0.242 e. The van der Waals surface area contributed by atoms with Crippen LogP contribution in [0, 0.1) is 0 Å². The van der Waals surface area contributed by atoms with E-state index in [4.69, 9.17) is 4.74 Å². The number of hydrogen-bond acceptors (Lipinski definition) is 5. The Morgan fingerprint density at radius 1 is 1.00 bits per heavy atom. The topological polar surface area (TPSA) is 88.9 Å². The molecule has 186 valence electrons. The number of ether oxygens (including phenoxy) is 1. The van der Waals surface area contributed by atoms with Gasteiger partial charge in [-0.25, -0.2) is 0 Å². The fourth-order valence-electron chi connectivity index (χ4n) is 4.13. The van der Waals surface area contributed by atoms with Crippen LogP contribution in [0.15, 0.2) is 85.1 Å². The molecule has 3 aromatic carbocycles. The summed E-state index contributed by atoms with van der Waals surface area (Å²) in [4.78, 5) is 14.9. The van der Waals surface area contributed by atoms with Crippen molar-refractivity contribution in [1.82, 2.24) is 30.1 Å². The Hall–Kier alpha value is -4.72. The maximum absolute atomic E-state index is 13.2. The Morgan fingerprint density at radius 3 is 2.49 bits per heavy atom. The van der Waals surface area contributed by atoms with Gasteiger partial charge in [0.05, 0.1) is 5.52 Å². The third-order valence-corrected chi connectivity index (χ3v) is 6.22. The molecule has 5 rings (SSSR count). The molecule has 0 saturated heterocycles. The van der Waals surface area contributed by atoms with Gasteiger partial charge >= 0.3 is 0 Å². The van der Waals surface area contributed by atoms with Crippen molar-refractivity contribution >= 4 is 29.0 Å². The zero-order valence-electron chi connectivity index (χ0n) is 20.6. The molecule has 1 N–H and O–H groups in total. The molecule has 0 aliphatic rings. The SMILES string of the molecule is CN(CCc1ccccc1)C(=O)Cn1cc(C=Cc2nn[nH]n2)c2ccc(OCc3ccccc3)cc21. The summed E-state index contributed by atoms with van der Waals surface area (Å²) in [6, 6.07) is 26.2. The van der Waals surface area contributed by atoms with Gasteiger partial charge in [0.15, 0.2) is 5.82 Å². The molecule has 2 aromatic heterocycles. The normalized spacial score (nSPS) is 11.3. The van der Waals surface area contributed by atoms with Crippen LogP contribution < -0.4 is 4.74 Å². The molecule has 8 heteroatoms. The van der Waals surface area contributed by atoms with Gasteiger partial charge in [-0.3, -0.25) is 4.79 Å². The molecule has 37 heavy (non-hydrogen) atoms. The highest BCUT2D eigenvalue weighted by atomic mass is 16.5. The van der Waals surface area contributed by atoms with E-state index in [1.54, 1.807) is 11.0 Å². The average molecular weight is 493 g/mol. The summed E-state index contributed by atoms with van der Waals surface area (Å²) in [6.45, 7) is 1.34. The Bertz CT molecular complexity index is 1480. The van der Waals surface area contributed by atoms with E-state index in [-0.39, 0.29) is 12.5 Å². The minimum atomic E-state index is 0.0390. The van der Waals surface area contributed by atoms with Gasteiger partial charge in [-0.05, 0) is 47.0 Å². The molecule has 0 saturated carbocycles. The number of benzene rings is 3. The van der Waals surface area contributed by atoms with Crippen LogP contribution >= 0.6 is 0 Å². The van der Waals surface area contributed by atoms with E-state index in [0.29, 0.717) is 19.0 Å². The number of fused-ring (bicyclic) bond motifs is 1. The summed E-state index contributed by atoms with van der Waals surface area (Å²) >= 11 is 0. The maximum atomic E-state index is 13.2. The Balaban J connectivity index is 1.37. The van der Waals surface area contributed by atoms with E-state index in [2.05, 4.69) is 32.8 Å². The van der Waals surface area contributed by atoms with Crippen LogP contribution in [0.5, 0.6) is 5.75 Å². The van der Waals surface area contributed by atoms with Crippen LogP contribution in [0.3, 0.4) is 0 Å². The molecule has 0 atom stereocenters. The second kappa shape index (κ2) is 11.3. The Morgan fingerprint density at radius 2 is 1.76 bits per heavy atom. The quantitative estimate of drug-likeness (QED) is 0.308. The number of hydrogen-bond donors (Lipinski definition) is 1. The molecular weight excluding hydrogens is 464 g/mol. The van der Waals surface area contributed by atoms with Crippen LogP contribution in [0.2, 0.25) is 0 Å². The van der Waals surface area contributed by atoms with Crippen molar-refractivity contribution in [3.8, 4) is 5.75 Å². The first-order valence-electron chi connectivity index (χ1n) is 12.1. The summed E-state index contributed by atoms with van der Waals surface area (Å²) in [7, 11) is 1.85. The van der Waals surface area contributed by atoms with Crippen LogP contribution in [0.1, 0.15) is 22.5 Å². The summed E-state index contributed by atoms with van der Waals surface area (Å²) in [5.41, 5.74) is 4.18. The predicted octanol–water partition coefficient (Wildman–Crippen LogP) is 4.60. The standard InChI is InChI=1S/C29H28N6O2/c1-34(17-16-22-8-4-2-5-9-22)29(36)20-35-19-24(12-15-28-30-32-33-31-28)26-14-13-25(18-27(26)35)37-21-23-10-6-3-7-11-23/h2-15,18-19H,16-17,20-21H2,1H3,(H,30,31,32,33). The predicted molar refractivity (Wildman–Crippen MR) is 144 cm³/mol. The Kier molecular flexibility index (Phi) is 7.36. The minimum Gasteiger partial charge on any atom is -0.489 e. The number of tetrazole rings is 1. The molecule has 0 bridgehead atoms. The molecule has 8 nitrogen and oxygen atoms in total. The number of aromatic amines is 1. The van der Waals surface area contributed by atoms with E-state index in [1.165, 1.54) is 5.56 Å². The number of amides is 1. The van der Waals surface area contributed by atoms with E-state index >= 15 is 0 Å². The minimum absolute atomic E-state index is 0.0390. The van der Waals surface area contributed by atoms with Gasteiger partial charge in [-0.15, -0.1) is 10.2 Å². The van der Waals surface area contributed by atoms with Crippen molar-refractivity contribution in [2.75, 3.05) is 13.6 Å². The lowest BCUT2D eigenvalue weighted by Gasteiger charge is -2.18. The number of nitrogens with one attached hydrogen (secondary N) is 1. The van der Waals surface area contributed by atoms with Crippen molar-refractivity contribution in [3.63, 3.8) is 0 Å². The summed E-state index contributed by atoms with van der Waals surface area (Å²) in [5.74, 6) is 1.27. The van der Waals surface area contributed by atoms with Crippen molar-refractivity contribution < 1.29 is 9.53 Å². The fourth-order valence-corrected chi connectivity index (χ4v) is 4.13. The molecule has 2 heterocycles. The lowest BCUT2D eigenvalue weighted by Crippen LogP contribution is -2.31. The lowest BCUT2D eigenvalue weighted by molar-refractivity contribution is -0.130. The number of likely N-dealkylation sites (N-methyl/N-ethyl adjacent to an activating group) is 1. The second-order valence-electron chi connectivity index (χ2n) is 8.82. The van der Waals surface area contributed by atoms with Gasteiger partial charge in [-0.1, -0.05) is 60.7 Å². The number of nitrogens with zero attached hydrogens (tertiary/aromatic N) is 5. The van der Waals surface area contributed by atoms with Crippen LogP contribution in [0.25, 0.3) is 23.1 Å². The van der Waals surface area contributed by atoms with Gasteiger partial charge < -0.3 is 14.2 Å². The molecule has 0 aliphatic carbocycles.